The summed E-state index contributed by atoms with van der Waals surface area (Å²) >= 11 is 0. The summed E-state index contributed by atoms with van der Waals surface area (Å²) in [4.78, 5) is 40.0. The van der Waals surface area contributed by atoms with Gasteiger partial charge >= 0.3 is 6.03 Å². The van der Waals surface area contributed by atoms with Gasteiger partial charge in [-0.3, -0.25) is 19.8 Å². The van der Waals surface area contributed by atoms with Crippen LogP contribution in [0.1, 0.15) is 36.0 Å². The standard InChI is InChI=1S/C22H29FN4O5/c1-31-19-3-2-14(12-17(19)27-11-7-20(28)25-22(27)30)21(29)26-9-5-15(6-10-26)32-18-4-8-24-13-16(18)23/h2-3,12,15-16,18,24H,4-11,13H2,1H3,(H,25,28,30)/t16-,18-/m1/s1. The molecule has 10 heteroatoms. The molecule has 0 bridgehead atoms. The van der Waals surface area contributed by atoms with E-state index in [0.29, 0.717) is 55.9 Å². The number of likely N-dealkylation sites (tertiary alicyclic amines) is 1. The van der Waals surface area contributed by atoms with Crippen LogP contribution in [0, 0.1) is 0 Å². The number of nitrogens with zero attached hydrogens (tertiary/aromatic N) is 2. The predicted molar refractivity (Wildman–Crippen MR) is 115 cm³/mol. The third-order valence-corrected chi connectivity index (χ3v) is 6.22. The molecule has 3 heterocycles. The van der Waals surface area contributed by atoms with Crippen LogP contribution in [0.3, 0.4) is 0 Å². The minimum absolute atomic E-state index is 0.0542. The lowest BCUT2D eigenvalue weighted by Crippen LogP contribution is -2.49. The number of methoxy groups -OCH3 is 1. The van der Waals surface area contributed by atoms with Crippen molar-refractivity contribution in [2.75, 3.05) is 44.7 Å². The zero-order valence-electron chi connectivity index (χ0n) is 18.1. The number of alkyl halides is 1. The van der Waals surface area contributed by atoms with Gasteiger partial charge in [-0.25, -0.2) is 9.18 Å². The van der Waals surface area contributed by atoms with Crippen LogP contribution in [0.2, 0.25) is 0 Å². The van der Waals surface area contributed by atoms with Crippen molar-refractivity contribution in [3.05, 3.63) is 23.8 Å². The Bertz CT molecular complexity index is 874. The van der Waals surface area contributed by atoms with E-state index in [2.05, 4.69) is 10.6 Å². The van der Waals surface area contributed by atoms with Gasteiger partial charge in [-0.05, 0) is 44.0 Å². The Morgan fingerprint density at radius 3 is 2.62 bits per heavy atom. The Labute approximate surface area is 186 Å². The number of carbonyl (C=O) groups is 3. The van der Waals surface area contributed by atoms with Crippen LogP contribution in [0.5, 0.6) is 5.75 Å². The fraction of sp³-hybridized carbons (Fsp3) is 0.591. The van der Waals surface area contributed by atoms with Gasteiger partial charge in [-0.15, -0.1) is 0 Å². The number of urea groups is 1. The van der Waals surface area contributed by atoms with E-state index in [9.17, 15) is 18.8 Å². The highest BCUT2D eigenvalue weighted by Crippen LogP contribution is 2.31. The number of amides is 4. The van der Waals surface area contributed by atoms with Crippen molar-refractivity contribution < 1.29 is 28.2 Å². The molecule has 4 rings (SSSR count). The molecule has 0 unspecified atom stereocenters. The van der Waals surface area contributed by atoms with Gasteiger partial charge in [0.05, 0.1) is 25.0 Å². The minimum Gasteiger partial charge on any atom is -0.495 e. The number of anilines is 1. The first-order valence-corrected chi connectivity index (χ1v) is 11.0. The normalized spacial score (nSPS) is 24.9. The molecule has 9 nitrogen and oxygen atoms in total. The number of rotatable bonds is 5. The number of ether oxygens (including phenoxy) is 2. The number of hydrogen-bond acceptors (Lipinski definition) is 6. The van der Waals surface area contributed by atoms with Crippen LogP contribution in [0.15, 0.2) is 18.2 Å². The van der Waals surface area contributed by atoms with Gasteiger partial charge in [0.1, 0.15) is 11.9 Å². The van der Waals surface area contributed by atoms with Gasteiger partial charge in [0.25, 0.3) is 5.91 Å². The second-order valence-corrected chi connectivity index (χ2v) is 8.32. The lowest BCUT2D eigenvalue weighted by Gasteiger charge is -2.36. The lowest BCUT2D eigenvalue weighted by molar-refractivity contribution is -0.120. The van der Waals surface area contributed by atoms with E-state index >= 15 is 0 Å². The number of halogens is 1. The van der Waals surface area contributed by atoms with Gasteiger partial charge < -0.3 is 19.7 Å². The number of benzene rings is 1. The zero-order chi connectivity index (χ0) is 22.7. The van der Waals surface area contributed by atoms with E-state index in [1.807, 2.05) is 0 Å². The van der Waals surface area contributed by atoms with Crippen molar-refractivity contribution in [1.82, 2.24) is 15.5 Å². The first-order valence-electron chi connectivity index (χ1n) is 11.0. The topological polar surface area (TPSA) is 100 Å². The highest BCUT2D eigenvalue weighted by atomic mass is 19.1. The van der Waals surface area contributed by atoms with Gasteiger partial charge in [-0.1, -0.05) is 0 Å². The zero-order valence-corrected chi connectivity index (χ0v) is 18.1. The summed E-state index contributed by atoms with van der Waals surface area (Å²) in [5.74, 6) is -0.0295. The summed E-state index contributed by atoms with van der Waals surface area (Å²) in [5, 5.41) is 5.31. The molecular formula is C22H29FN4O5. The maximum absolute atomic E-state index is 14.0. The highest BCUT2D eigenvalue weighted by Gasteiger charge is 2.32. The average molecular weight is 448 g/mol. The lowest BCUT2D eigenvalue weighted by atomic mass is 10.0. The number of imide groups is 1. The van der Waals surface area contributed by atoms with E-state index in [4.69, 9.17) is 9.47 Å². The monoisotopic (exact) mass is 448 g/mol. The molecule has 1 aromatic rings. The molecule has 32 heavy (non-hydrogen) atoms. The average Bonchev–Trinajstić information content (AvgIpc) is 2.80. The largest absolute Gasteiger partial charge is 0.495 e. The number of carbonyl (C=O) groups excluding carboxylic acids is 3. The summed E-state index contributed by atoms with van der Waals surface area (Å²) in [6.45, 7) is 2.33. The van der Waals surface area contributed by atoms with E-state index in [0.717, 1.165) is 6.54 Å². The van der Waals surface area contributed by atoms with Crippen LogP contribution < -0.4 is 20.3 Å². The smallest absolute Gasteiger partial charge is 0.328 e. The SMILES string of the molecule is COc1ccc(C(=O)N2CCC(O[C@@H]3CCNC[C@H]3F)CC2)cc1N1CCC(=O)NC1=O. The highest BCUT2D eigenvalue weighted by molar-refractivity contribution is 6.07. The Morgan fingerprint density at radius 2 is 1.94 bits per heavy atom. The molecule has 3 aliphatic rings. The Balaban J connectivity index is 1.40. The molecule has 0 saturated carbocycles. The fourth-order valence-electron chi connectivity index (χ4n) is 4.40. The second kappa shape index (κ2) is 9.83. The van der Waals surface area contributed by atoms with Crippen LogP contribution >= 0.6 is 0 Å². The van der Waals surface area contributed by atoms with Crippen molar-refractivity contribution in [3.63, 3.8) is 0 Å². The summed E-state index contributed by atoms with van der Waals surface area (Å²) < 4.78 is 25.4. The van der Waals surface area contributed by atoms with E-state index < -0.39 is 12.2 Å². The van der Waals surface area contributed by atoms with Crippen LogP contribution in [-0.4, -0.2) is 81.0 Å². The first kappa shape index (κ1) is 22.5. The molecule has 0 aromatic heterocycles. The Morgan fingerprint density at radius 1 is 1.16 bits per heavy atom. The number of piperidine rings is 2. The summed E-state index contributed by atoms with van der Waals surface area (Å²) in [5.41, 5.74) is 0.883. The van der Waals surface area contributed by atoms with Gasteiger partial charge in [-0.2, -0.15) is 0 Å². The molecule has 3 saturated heterocycles. The Hall–Kier alpha value is -2.72. The molecule has 4 amide bonds. The molecule has 0 aliphatic carbocycles. The molecule has 0 spiro atoms. The van der Waals surface area contributed by atoms with Crippen LogP contribution in [-0.2, 0) is 9.53 Å². The predicted octanol–water partition coefficient (Wildman–Crippen LogP) is 1.46. The van der Waals surface area contributed by atoms with Gasteiger partial charge in [0.15, 0.2) is 0 Å². The summed E-state index contributed by atoms with van der Waals surface area (Å²) in [6, 6.07) is 4.41. The first-order chi connectivity index (χ1) is 15.5. The van der Waals surface area contributed by atoms with E-state index in [-0.39, 0.29) is 37.0 Å². The molecule has 2 atom stereocenters. The van der Waals surface area contributed by atoms with Crippen LogP contribution in [0.4, 0.5) is 14.9 Å². The number of nitrogens with one attached hydrogen (secondary N) is 2. The van der Waals surface area contributed by atoms with Crippen LogP contribution in [0.25, 0.3) is 0 Å². The van der Waals surface area contributed by atoms with Crippen molar-refractivity contribution in [2.24, 2.45) is 0 Å². The van der Waals surface area contributed by atoms with Gasteiger partial charge in [0.2, 0.25) is 5.91 Å². The molecule has 2 N–H and O–H groups in total. The Kier molecular flexibility index (Phi) is 6.90. The molecular weight excluding hydrogens is 419 g/mol. The third-order valence-electron chi connectivity index (χ3n) is 6.22. The van der Waals surface area contributed by atoms with Crippen molar-refractivity contribution in [3.8, 4) is 5.75 Å². The fourth-order valence-corrected chi connectivity index (χ4v) is 4.40. The molecule has 3 aliphatic heterocycles. The molecule has 174 valence electrons. The van der Waals surface area contributed by atoms with Gasteiger partial charge in [0, 0.05) is 38.2 Å². The van der Waals surface area contributed by atoms with Crippen molar-refractivity contribution >= 4 is 23.5 Å². The van der Waals surface area contributed by atoms with E-state index in [1.54, 1.807) is 23.1 Å². The minimum atomic E-state index is -0.997. The number of hydrogen-bond donors (Lipinski definition) is 2. The second-order valence-electron chi connectivity index (χ2n) is 8.32. The summed E-state index contributed by atoms with van der Waals surface area (Å²) in [6.07, 6.45) is 0.714. The maximum Gasteiger partial charge on any atom is 0.328 e. The quantitative estimate of drug-likeness (QED) is 0.708. The molecule has 3 fully saturated rings. The van der Waals surface area contributed by atoms with Crippen molar-refractivity contribution in [1.29, 1.82) is 0 Å². The van der Waals surface area contributed by atoms with Crippen molar-refractivity contribution in [2.45, 2.75) is 44.1 Å². The summed E-state index contributed by atoms with van der Waals surface area (Å²) in [7, 11) is 1.49. The van der Waals surface area contributed by atoms with E-state index in [1.165, 1.54) is 12.0 Å². The molecule has 0 radical (unpaired) electrons. The third kappa shape index (κ3) is 4.86. The molecule has 1 aromatic carbocycles. The maximum atomic E-state index is 14.0.